The average molecular weight is 1310 g/mol. The van der Waals surface area contributed by atoms with Crippen molar-refractivity contribution in [3.05, 3.63) is 0 Å². The van der Waals surface area contributed by atoms with Crippen molar-refractivity contribution in [2.24, 2.45) is 35.5 Å². The van der Waals surface area contributed by atoms with Crippen LogP contribution in [0, 0.1) is 35.5 Å². The van der Waals surface area contributed by atoms with E-state index in [1.165, 1.54) is 99.5 Å². The van der Waals surface area contributed by atoms with E-state index >= 15 is 0 Å². The fourth-order valence-electron chi connectivity index (χ4n) is 13.5. The molecule has 2 aliphatic heterocycles. The minimum absolute atomic E-state index is 0.0614. The monoisotopic (exact) mass is 1310 g/mol. The van der Waals surface area contributed by atoms with Crippen LogP contribution in [0.3, 0.4) is 0 Å². The maximum atomic E-state index is 15.0. The van der Waals surface area contributed by atoms with Crippen molar-refractivity contribution < 1.29 is 62.6 Å². The first-order chi connectivity index (χ1) is 43.5. The zero-order valence-corrected chi connectivity index (χ0v) is 59.6. The largest absolute Gasteiger partial charge is 0.393 e. The Morgan fingerprint density at radius 2 is 1.00 bits per heavy atom. The van der Waals surface area contributed by atoms with E-state index in [1.54, 1.807) is 25.7 Å². The molecule has 0 radical (unpaired) electrons. The van der Waals surface area contributed by atoms with Crippen LogP contribution in [0.15, 0.2) is 0 Å². The molecule has 0 unspecified atom stereocenters. The lowest BCUT2D eigenvalue weighted by atomic mass is 9.83. The smallest absolute Gasteiger partial charge is 0.245 e. The molecule has 0 spiro atoms. The zero-order chi connectivity index (χ0) is 70.0. The van der Waals surface area contributed by atoms with Crippen molar-refractivity contribution in [2.75, 3.05) is 69.0 Å². The molecule has 0 aromatic rings. The Morgan fingerprint density at radius 1 is 0.484 bits per heavy atom. The minimum Gasteiger partial charge on any atom is -0.393 e. The van der Waals surface area contributed by atoms with Crippen LogP contribution in [0.1, 0.15) is 192 Å². The summed E-state index contributed by atoms with van der Waals surface area (Å²) in [7, 11) is 10.1. The third kappa shape index (κ3) is 21.8. The standard InChI is InChI=1S/C68H118N12O13/c1-19-43(8)58-62(87)71-51(36-48-28-30-49(81)31-29-48)65(90)73(12)39-56(83)77(16)53(35-41(4)5)60(85)70-52(67(92)80-32-24-21-25-33-80)38-55(82)74(13)44(9)59(84)69-50(34-40(2)3)66(91)75(14)45(10)63(88)78(17)54(37-47-26-22-20-23-27-47)61(86)72-57(42(6)7)68(93)76(15)46(11)64(89)79(58)18/h40-54,57-58,81H,19-39H2,1-18H3,(H,69,84)(H,70,85)(H,71,87)(H,72,86)/t43-,44-,45-,46-,48?,49?,50-,51-,52-,53-,54-,57-,58-/m0/s1. The van der Waals surface area contributed by atoms with Crippen molar-refractivity contribution in [1.29, 1.82) is 0 Å². The molecule has 4 fully saturated rings. The van der Waals surface area contributed by atoms with Gasteiger partial charge in [-0.1, -0.05) is 93.9 Å². The predicted molar refractivity (Wildman–Crippen MR) is 354 cm³/mol. The second-order valence-electron chi connectivity index (χ2n) is 28.8. The third-order valence-electron chi connectivity index (χ3n) is 20.4. The molecule has 0 bridgehead atoms. The second-order valence-corrected chi connectivity index (χ2v) is 28.8. The lowest BCUT2D eigenvalue weighted by molar-refractivity contribution is -0.151. The van der Waals surface area contributed by atoms with E-state index in [1.807, 2.05) is 34.6 Å². The highest BCUT2D eigenvalue weighted by molar-refractivity contribution is 6.00. The molecular formula is C68H118N12O13. The van der Waals surface area contributed by atoms with Gasteiger partial charge in [-0.3, -0.25) is 57.5 Å². The lowest BCUT2D eigenvalue weighted by Gasteiger charge is -2.38. The molecule has 25 nitrogen and oxygen atoms in total. The fraction of sp³-hybridized carbons (Fsp3) is 0.824. The van der Waals surface area contributed by atoms with Gasteiger partial charge in [-0.15, -0.1) is 0 Å². The maximum absolute atomic E-state index is 15.0. The summed E-state index contributed by atoms with van der Waals surface area (Å²) in [6.45, 7) is 19.4. The number of nitrogens with zero attached hydrogens (tertiary/aromatic N) is 8. The summed E-state index contributed by atoms with van der Waals surface area (Å²) < 4.78 is 0. The van der Waals surface area contributed by atoms with Crippen LogP contribution in [0.4, 0.5) is 0 Å². The fourth-order valence-corrected chi connectivity index (χ4v) is 13.5. The number of aliphatic hydroxyl groups excluding tert-OH is 1. The molecular weight excluding hydrogens is 1190 g/mol. The van der Waals surface area contributed by atoms with E-state index in [0.29, 0.717) is 58.0 Å². The molecule has 2 saturated heterocycles. The molecule has 11 atom stereocenters. The van der Waals surface area contributed by atoms with Gasteiger partial charge in [0.15, 0.2) is 0 Å². The Balaban J connectivity index is 1.87. The molecule has 2 heterocycles. The van der Waals surface area contributed by atoms with Gasteiger partial charge in [0, 0.05) is 62.4 Å². The van der Waals surface area contributed by atoms with Crippen molar-refractivity contribution in [1.82, 2.24) is 60.5 Å². The van der Waals surface area contributed by atoms with Crippen LogP contribution >= 0.6 is 0 Å². The molecule has 25 heteroatoms. The topological polar surface area (TPSA) is 299 Å². The van der Waals surface area contributed by atoms with Crippen LogP contribution in [0.5, 0.6) is 0 Å². The van der Waals surface area contributed by atoms with Crippen molar-refractivity contribution in [3.8, 4) is 0 Å². The van der Waals surface area contributed by atoms with Crippen LogP contribution < -0.4 is 21.3 Å². The maximum Gasteiger partial charge on any atom is 0.245 e. The van der Waals surface area contributed by atoms with Crippen LogP contribution in [-0.2, 0) is 57.5 Å². The first-order valence-electron chi connectivity index (χ1n) is 34.6. The highest BCUT2D eigenvalue weighted by Gasteiger charge is 2.44. The number of likely N-dealkylation sites (tertiary alicyclic amines) is 1. The van der Waals surface area contributed by atoms with Crippen molar-refractivity contribution in [2.45, 2.75) is 258 Å². The molecule has 2 saturated carbocycles. The molecule has 4 aliphatic rings. The van der Waals surface area contributed by atoms with Gasteiger partial charge in [-0.05, 0) is 127 Å². The number of nitrogens with one attached hydrogen (secondary N) is 4. The van der Waals surface area contributed by atoms with E-state index in [2.05, 4.69) is 21.3 Å². The Morgan fingerprint density at radius 3 is 1.55 bits per heavy atom. The quantitative estimate of drug-likeness (QED) is 0.187. The van der Waals surface area contributed by atoms with Gasteiger partial charge in [-0.25, -0.2) is 0 Å². The third-order valence-corrected chi connectivity index (χ3v) is 20.4. The molecule has 2 aliphatic carbocycles. The van der Waals surface area contributed by atoms with Crippen molar-refractivity contribution in [3.63, 3.8) is 0 Å². The van der Waals surface area contributed by atoms with E-state index in [4.69, 9.17) is 0 Å². The summed E-state index contributed by atoms with van der Waals surface area (Å²) in [5.41, 5.74) is 0. The number of aliphatic hydroxyl groups is 1. The number of piperidine rings is 1. The van der Waals surface area contributed by atoms with Gasteiger partial charge in [0.25, 0.3) is 0 Å². The summed E-state index contributed by atoms with van der Waals surface area (Å²) in [4.78, 5) is 187. The van der Waals surface area contributed by atoms with Crippen LogP contribution in [0.25, 0.3) is 0 Å². The number of rotatable bonds is 12. The summed E-state index contributed by atoms with van der Waals surface area (Å²) in [5, 5.41) is 22.0. The summed E-state index contributed by atoms with van der Waals surface area (Å²) >= 11 is 0. The lowest BCUT2D eigenvalue weighted by Crippen LogP contribution is -2.61. The molecule has 0 aromatic heterocycles. The van der Waals surface area contributed by atoms with Gasteiger partial charge in [0.2, 0.25) is 70.9 Å². The zero-order valence-electron chi connectivity index (χ0n) is 59.6. The van der Waals surface area contributed by atoms with Crippen LogP contribution in [-0.4, -0.2) is 251 Å². The van der Waals surface area contributed by atoms with Crippen molar-refractivity contribution >= 4 is 70.9 Å². The first kappa shape index (κ1) is 79.0. The summed E-state index contributed by atoms with van der Waals surface area (Å²) in [6, 6.07) is -12.0. The molecule has 0 aromatic carbocycles. The first-order valence-corrected chi connectivity index (χ1v) is 34.6. The number of likely N-dealkylation sites (N-methyl/N-ethyl adjacent to an activating group) is 7. The number of amides is 12. The van der Waals surface area contributed by atoms with Gasteiger partial charge < -0.3 is 65.6 Å². The SMILES string of the molecule is CC[C@H](C)[C@H]1C(=O)N[C@@H](CC2CCC(O)CC2)C(=O)N(C)CC(=O)N(C)[C@@H](CC(C)C)C(=O)N[C@H](C(=O)N2CCCCC2)CC(=O)N(C)[C@@H](C)C(=O)N[C@@H](CC(C)C)C(=O)N(C)[C@@H](C)C(=O)N(C)[C@@H](CC2CCCCC2)C(=O)N[C@@H](C(C)C)C(=O)N(C)[C@@H](C)C(=O)N1C. The molecule has 93 heavy (non-hydrogen) atoms. The Hall–Kier alpha value is -6.40. The van der Waals surface area contributed by atoms with Gasteiger partial charge in [0.05, 0.1) is 19.1 Å². The highest BCUT2D eigenvalue weighted by atomic mass is 16.3. The van der Waals surface area contributed by atoms with Gasteiger partial charge in [-0.2, -0.15) is 0 Å². The highest BCUT2D eigenvalue weighted by Crippen LogP contribution is 2.31. The summed E-state index contributed by atoms with van der Waals surface area (Å²) in [5.74, 6) is -8.91. The van der Waals surface area contributed by atoms with Gasteiger partial charge in [0.1, 0.15) is 60.4 Å². The van der Waals surface area contributed by atoms with E-state index in [0.717, 1.165) is 43.4 Å². The number of hydrogen-bond donors (Lipinski definition) is 5. The Labute approximate surface area is 554 Å². The second kappa shape index (κ2) is 36.5. The molecule has 12 amide bonds. The van der Waals surface area contributed by atoms with E-state index < -0.39 is 162 Å². The average Bonchev–Trinajstić information content (AvgIpc) is 0.929. The van der Waals surface area contributed by atoms with E-state index in [-0.39, 0.29) is 49.4 Å². The number of hydrogen-bond acceptors (Lipinski definition) is 13. The summed E-state index contributed by atoms with van der Waals surface area (Å²) in [6.07, 6.45) is 8.93. The Bertz CT molecular complexity index is 2580. The number of carbonyl (C=O) groups excluding carboxylic acids is 12. The van der Waals surface area contributed by atoms with Gasteiger partial charge >= 0.3 is 0 Å². The molecule has 528 valence electrons. The normalized spacial score (nSPS) is 29.8. The van der Waals surface area contributed by atoms with E-state index in [9.17, 15) is 62.6 Å². The Kier molecular flexibility index (Phi) is 31.0. The minimum atomic E-state index is -1.43. The molecule has 4 rings (SSSR count). The number of carbonyl (C=O) groups is 12. The molecule has 5 N–H and O–H groups in total. The predicted octanol–water partition coefficient (Wildman–Crippen LogP) is 3.53. The van der Waals surface area contributed by atoms with Crippen LogP contribution in [0.2, 0.25) is 0 Å².